The van der Waals surface area contributed by atoms with Crippen LogP contribution in [-0.4, -0.2) is 29.6 Å². The lowest BCUT2D eigenvalue weighted by Gasteiger charge is -2.12. The number of ketones is 1. The minimum Gasteiger partial charge on any atom is -0.497 e. The van der Waals surface area contributed by atoms with E-state index in [-0.39, 0.29) is 17.2 Å². The standard InChI is InChI=1S/C32H25N3O6/c1-41-28-9-5-6-22(20-28)12-19-30(36)24-13-15-26(16-14-24)33-32(38)29(34-31(37)25-7-3-2-4-8-25)21-23-10-17-27(18-11-23)35(39)40/h2-21H,1H3,(H,33,38)(H,34,37)/b19-12+,29-21-. The molecule has 4 rings (SSSR count). The highest BCUT2D eigenvalue weighted by molar-refractivity contribution is 6.11. The quantitative estimate of drug-likeness (QED) is 0.110. The molecule has 0 aliphatic heterocycles. The van der Waals surface area contributed by atoms with E-state index >= 15 is 0 Å². The predicted octanol–water partition coefficient (Wildman–Crippen LogP) is 5.91. The number of hydrogen-bond acceptors (Lipinski definition) is 6. The second-order valence-electron chi connectivity index (χ2n) is 8.73. The van der Waals surface area contributed by atoms with E-state index in [4.69, 9.17) is 4.74 Å². The van der Waals surface area contributed by atoms with Crippen molar-refractivity contribution in [2.75, 3.05) is 12.4 Å². The summed E-state index contributed by atoms with van der Waals surface area (Å²) in [5, 5.41) is 16.3. The van der Waals surface area contributed by atoms with Gasteiger partial charge in [-0.1, -0.05) is 36.4 Å². The zero-order valence-corrected chi connectivity index (χ0v) is 21.9. The minimum absolute atomic E-state index is 0.0749. The highest BCUT2D eigenvalue weighted by atomic mass is 16.6. The van der Waals surface area contributed by atoms with Crippen molar-refractivity contribution in [1.29, 1.82) is 0 Å². The molecule has 2 N–H and O–H groups in total. The Balaban J connectivity index is 1.50. The number of nitrogens with zero attached hydrogens (tertiary/aromatic N) is 1. The molecule has 0 aromatic heterocycles. The van der Waals surface area contributed by atoms with Crippen LogP contribution < -0.4 is 15.4 Å². The molecule has 9 heteroatoms. The summed E-state index contributed by atoms with van der Waals surface area (Å²) < 4.78 is 5.19. The topological polar surface area (TPSA) is 128 Å². The fourth-order valence-electron chi connectivity index (χ4n) is 3.73. The third-order valence-corrected chi connectivity index (χ3v) is 5.89. The number of non-ortho nitro benzene ring substituents is 1. The zero-order valence-electron chi connectivity index (χ0n) is 21.9. The summed E-state index contributed by atoms with van der Waals surface area (Å²) in [6, 6.07) is 27.5. The van der Waals surface area contributed by atoms with Gasteiger partial charge in [-0.2, -0.15) is 0 Å². The van der Waals surface area contributed by atoms with E-state index < -0.39 is 16.7 Å². The summed E-state index contributed by atoms with van der Waals surface area (Å²) in [6.07, 6.45) is 4.55. The van der Waals surface area contributed by atoms with Crippen LogP contribution in [0.4, 0.5) is 11.4 Å². The SMILES string of the molecule is COc1cccc(/C=C/C(=O)c2ccc(NC(=O)/C(=C/c3ccc([N+](=O)[O-])cc3)NC(=O)c3ccccc3)cc2)c1. The van der Waals surface area contributed by atoms with E-state index in [1.54, 1.807) is 73.8 Å². The number of methoxy groups -OCH3 is 1. The van der Waals surface area contributed by atoms with Crippen molar-refractivity contribution in [3.8, 4) is 5.75 Å². The summed E-state index contributed by atoms with van der Waals surface area (Å²) in [4.78, 5) is 49.1. The van der Waals surface area contributed by atoms with Crippen LogP contribution in [0.25, 0.3) is 12.2 Å². The molecule has 4 aromatic rings. The van der Waals surface area contributed by atoms with Gasteiger partial charge in [0, 0.05) is 28.9 Å². The van der Waals surface area contributed by atoms with Crippen LogP contribution in [0.3, 0.4) is 0 Å². The molecule has 4 aromatic carbocycles. The fourth-order valence-corrected chi connectivity index (χ4v) is 3.73. The highest BCUT2D eigenvalue weighted by Crippen LogP contribution is 2.17. The molecule has 0 unspecified atom stereocenters. The van der Waals surface area contributed by atoms with Crippen molar-refractivity contribution in [1.82, 2.24) is 5.32 Å². The first kappa shape index (κ1) is 28.2. The summed E-state index contributed by atoms with van der Waals surface area (Å²) in [5.74, 6) is -0.663. The zero-order chi connectivity index (χ0) is 29.2. The van der Waals surface area contributed by atoms with Gasteiger partial charge in [-0.15, -0.1) is 0 Å². The number of ether oxygens (including phenoxy) is 1. The Hall–Kier alpha value is -5.83. The van der Waals surface area contributed by atoms with Gasteiger partial charge in [0.05, 0.1) is 12.0 Å². The second kappa shape index (κ2) is 13.3. The molecule has 0 fully saturated rings. The normalized spacial score (nSPS) is 11.1. The Bertz CT molecular complexity index is 1630. The average Bonchev–Trinajstić information content (AvgIpc) is 3.00. The molecule has 0 radical (unpaired) electrons. The lowest BCUT2D eigenvalue weighted by Crippen LogP contribution is -2.30. The summed E-state index contributed by atoms with van der Waals surface area (Å²) >= 11 is 0. The van der Waals surface area contributed by atoms with E-state index in [1.807, 2.05) is 18.2 Å². The molecule has 41 heavy (non-hydrogen) atoms. The average molecular weight is 548 g/mol. The monoisotopic (exact) mass is 547 g/mol. The maximum absolute atomic E-state index is 13.2. The van der Waals surface area contributed by atoms with Gasteiger partial charge in [0.15, 0.2) is 5.78 Å². The number of hydrogen-bond donors (Lipinski definition) is 2. The van der Waals surface area contributed by atoms with Gasteiger partial charge in [0.25, 0.3) is 17.5 Å². The molecule has 0 saturated carbocycles. The number of carbonyl (C=O) groups is 3. The molecule has 0 saturated heterocycles. The Labute approximate surface area is 235 Å². The van der Waals surface area contributed by atoms with E-state index in [1.165, 1.54) is 36.4 Å². The second-order valence-corrected chi connectivity index (χ2v) is 8.73. The van der Waals surface area contributed by atoms with Crippen LogP contribution in [0.1, 0.15) is 31.8 Å². The summed E-state index contributed by atoms with van der Waals surface area (Å²) in [6.45, 7) is 0. The Morgan fingerprint density at radius 2 is 1.51 bits per heavy atom. The molecule has 0 bridgehead atoms. The van der Waals surface area contributed by atoms with Crippen molar-refractivity contribution in [3.63, 3.8) is 0 Å². The smallest absolute Gasteiger partial charge is 0.272 e. The number of carbonyl (C=O) groups excluding carboxylic acids is 3. The van der Waals surface area contributed by atoms with Gasteiger partial charge in [0.1, 0.15) is 11.4 Å². The minimum atomic E-state index is -0.621. The van der Waals surface area contributed by atoms with Crippen LogP contribution >= 0.6 is 0 Å². The van der Waals surface area contributed by atoms with Crippen LogP contribution in [0.2, 0.25) is 0 Å². The van der Waals surface area contributed by atoms with Gasteiger partial charge < -0.3 is 15.4 Å². The van der Waals surface area contributed by atoms with Crippen molar-refractivity contribution < 1.29 is 24.0 Å². The largest absolute Gasteiger partial charge is 0.497 e. The predicted molar refractivity (Wildman–Crippen MR) is 156 cm³/mol. The maximum Gasteiger partial charge on any atom is 0.272 e. The number of benzene rings is 4. The first-order chi connectivity index (χ1) is 19.8. The Kier molecular flexibility index (Phi) is 9.14. The van der Waals surface area contributed by atoms with Crippen molar-refractivity contribution >= 4 is 41.1 Å². The van der Waals surface area contributed by atoms with Crippen LogP contribution in [-0.2, 0) is 4.79 Å². The molecular weight excluding hydrogens is 522 g/mol. The number of allylic oxidation sites excluding steroid dienone is 1. The molecule has 0 aliphatic rings. The Morgan fingerprint density at radius 1 is 0.805 bits per heavy atom. The van der Waals surface area contributed by atoms with E-state index in [2.05, 4.69) is 10.6 Å². The molecule has 0 aliphatic carbocycles. The van der Waals surface area contributed by atoms with Crippen LogP contribution in [0.5, 0.6) is 5.75 Å². The third-order valence-electron chi connectivity index (χ3n) is 5.89. The number of nitro groups is 1. The first-order valence-electron chi connectivity index (χ1n) is 12.4. The van der Waals surface area contributed by atoms with Gasteiger partial charge in [-0.05, 0) is 83.9 Å². The summed E-state index contributed by atoms with van der Waals surface area (Å²) in [7, 11) is 1.57. The number of amides is 2. The number of anilines is 1. The number of nitro benzene ring substituents is 1. The van der Waals surface area contributed by atoms with Crippen LogP contribution in [0.15, 0.2) is 115 Å². The third kappa shape index (κ3) is 7.84. The molecule has 0 spiro atoms. The number of nitrogens with one attached hydrogen (secondary N) is 2. The lowest BCUT2D eigenvalue weighted by atomic mass is 10.1. The number of rotatable bonds is 10. The highest BCUT2D eigenvalue weighted by Gasteiger charge is 2.16. The van der Waals surface area contributed by atoms with E-state index in [9.17, 15) is 24.5 Å². The van der Waals surface area contributed by atoms with Crippen molar-refractivity contribution in [3.05, 3.63) is 147 Å². The molecule has 2 amide bonds. The Morgan fingerprint density at radius 3 is 2.17 bits per heavy atom. The first-order valence-corrected chi connectivity index (χ1v) is 12.4. The van der Waals surface area contributed by atoms with Crippen LogP contribution in [0, 0.1) is 10.1 Å². The fraction of sp³-hybridized carbons (Fsp3) is 0.0312. The molecular formula is C32H25N3O6. The summed E-state index contributed by atoms with van der Waals surface area (Å²) in [5.41, 5.74) is 2.26. The molecule has 9 nitrogen and oxygen atoms in total. The van der Waals surface area contributed by atoms with Crippen molar-refractivity contribution in [2.45, 2.75) is 0 Å². The molecule has 204 valence electrons. The van der Waals surface area contributed by atoms with Gasteiger partial charge in [0.2, 0.25) is 0 Å². The van der Waals surface area contributed by atoms with Gasteiger partial charge in [-0.3, -0.25) is 24.5 Å². The molecule has 0 heterocycles. The van der Waals surface area contributed by atoms with E-state index in [0.29, 0.717) is 28.1 Å². The van der Waals surface area contributed by atoms with Crippen molar-refractivity contribution in [2.24, 2.45) is 0 Å². The van der Waals surface area contributed by atoms with Gasteiger partial charge in [-0.25, -0.2) is 0 Å². The maximum atomic E-state index is 13.2. The van der Waals surface area contributed by atoms with Gasteiger partial charge >= 0.3 is 0 Å². The van der Waals surface area contributed by atoms with E-state index in [0.717, 1.165) is 5.56 Å². The molecule has 0 atom stereocenters. The lowest BCUT2D eigenvalue weighted by molar-refractivity contribution is -0.384.